The summed E-state index contributed by atoms with van der Waals surface area (Å²) in [5.74, 6) is 0.878. The molecule has 1 aromatic carbocycles. The van der Waals surface area contributed by atoms with E-state index < -0.39 is 0 Å². The Bertz CT molecular complexity index is 500. The Hall–Kier alpha value is -1.32. The highest BCUT2D eigenvalue weighted by Gasteiger charge is 2.11. The van der Waals surface area contributed by atoms with Crippen LogP contribution in [0.5, 0.6) is 0 Å². The molecule has 1 aromatic heterocycles. The van der Waals surface area contributed by atoms with Crippen molar-refractivity contribution < 1.29 is 4.52 Å². The maximum Gasteiger partial charge on any atom is 0.138 e. The molecule has 1 unspecified atom stereocenters. The van der Waals surface area contributed by atoms with Crippen molar-refractivity contribution >= 4 is 11.6 Å². The standard InChI is InChI=1S/C14H17ClN2O/c1-9(12-4-6-13(15)7-5-12)16-8-14-10(2)17-18-11(14)3/h4-7,9,16H,8H2,1-3H3. The Labute approximate surface area is 112 Å². The molecule has 4 heteroatoms. The van der Waals surface area contributed by atoms with Crippen molar-refractivity contribution in [1.82, 2.24) is 10.5 Å². The van der Waals surface area contributed by atoms with Crippen LogP contribution in [0.1, 0.15) is 35.5 Å². The van der Waals surface area contributed by atoms with Crippen molar-refractivity contribution in [2.75, 3.05) is 0 Å². The first kappa shape index (κ1) is 13.1. The fraction of sp³-hybridized carbons (Fsp3) is 0.357. The number of nitrogens with zero attached hydrogens (tertiary/aromatic N) is 1. The summed E-state index contributed by atoms with van der Waals surface area (Å²) in [6.45, 7) is 6.77. The first-order valence-electron chi connectivity index (χ1n) is 5.98. The van der Waals surface area contributed by atoms with Crippen LogP contribution in [0.4, 0.5) is 0 Å². The van der Waals surface area contributed by atoms with E-state index >= 15 is 0 Å². The average molecular weight is 265 g/mol. The third kappa shape index (κ3) is 2.92. The summed E-state index contributed by atoms with van der Waals surface area (Å²) in [5.41, 5.74) is 3.30. The van der Waals surface area contributed by atoms with Crippen LogP contribution in [0.25, 0.3) is 0 Å². The molecule has 0 aliphatic carbocycles. The monoisotopic (exact) mass is 264 g/mol. The minimum Gasteiger partial charge on any atom is -0.361 e. The Morgan fingerprint density at radius 3 is 2.50 bits per heavy atom. The molecular weight excluding hydrogens is 248 g/mol. The number of hydrogen-bond donors (Lipinski definition) is 1. The fourth-order valence-corrected chi connectivity index (χ4v) is 2.00. The molecule has 0 amide bonds. The van der Waals surface area contributed by atoms with Crippen molar-refractivity contribution in [1.29, 1.82) is 0 Å². The van der Waals surface area contributed by atoms with Gasteiger partial charge in [-0.2, -0.15) is 0 Å². The molecule has 1 heterocycles. The molecule has 18 heavy (non-hydrogen) atoms. The summed E-state index contributed by atoms with van der Waals surface area (Å²) in [6.07, 6.45) is 0. The molecular formula is C14H17ClN2O. The maximum absolute atomic E-state index is 5.88. The molecule has 2 aromatic rings. The fourth-order valence-electron chi connectivity index (χ4n) is 1.88. The van der Waals surface area contributed by atoms with E-state index in [4.69, 9.17) is 16.1 Å². The summed E-state index contributed by atoms with van der Waals surface area (Å²) in [6, 6.07) is 8.15. The van der Waals surface area contributed by atoms with Crippen LogP contribution in [-0.4, -0.2) is 5.16 Å². The number of benzene rings is 1. The van der Waals surface area contributed by atoms with Gasteiger partial charge < -0.3 is 9.84 Å². The van der Waals surface area contributed by atoms with Crippen molar-refractivity contribution in [3.05, 3.63) is 51.9 Å². The Morgan fingerprint density at radius 2 is 1.94 bits per heavy atom. The molecule has 0 aliphatic rings. The molecule has 96 valence electrons. The molecule has 1 N–H and O–H groups in total. The highest BCUT2D eigenvalue weighted by Crippen LogP contribution is 2.18. The van der Waals surface area contributed by atoms with Gasteiger partial charge in [-0.1, -0.05) is 28.9 Å². The number of aryl methyl sites for hydroxylation is 2. The van der Waals surface area contributed by atoms with Crippen LogP contribution in [0, 0.1) is 13.8 Å². The van der Waals surface area contributed by atoms with E-state index in [1.807, 2.05) is 38.1 Å². The van der Waals surface area contributed by atoms with Gasteiger partial charge in [0, 0.05) is 23.2 Å². The van der Waals surface area contributed by atoms with Gasteiger partial charge in [0.25, 0.3) is 0 Å². The van der Waals surface area contributed by atoms with Crippen LogP contribution < -0.4 is 5.32 Å². The van der Waals surface area contributed by atoms with Gasteiger partial charge in [-0.15, -0.1) is 0 Å². The van der Waals surface area contributed by atoms with E-state index in [1.165, 1.54) is 5.56 Å². The van der Waals surface area contributed by atoms with Crippen LogP contribution >= 0.6 is 11.6 Å². The van der Waals surface area contributed by atoms with Crippen LogP contribution in [-0.2, 0) is 6.54 Å². The molecule has 0 aliphatic heterocycles. The zero-order valence-electron chi connectivity index (χ0n) is 10.8. The minimum atomic E-state index is 0.260. The van der Waals surface area contributed by atoms with Gasteiger partial charge in [-0.3, -0.25) is 0 Å². The smallest absolute Gasteiger partial charge is 0.138 e. The molecule has 2 rings (SSSR count). The first-order valence-corrected chi connectivity index (χ1v) is 6.36. The van der Waals surface area contributed by atoms with E-state index in [2.05, 4.69) is 17.4 Å². The zero-order chi connectivity index (χ0) is 13.1. The van der Waals surface area contributed by atoms with Gasteiger partial charge in [0.15, 0.2) is 0 Å². The Morgan fingerprint density at radius 1 is 1.28 bits per heavy atom. The van der Waals surface area contributed by atoms with Crippen LogP contribution in [0.15, 0.2) is 28.8 Å². The second kappa shape index (κ2) is 5.55. The minimum absolute atomic E-state index is 0.260. The van der Waals surface area contributed by atoms with Gasteiger partial charge in [-0.05, 0) is 38.5 Å². The number of halogens is 1. The Kier molecular flexibility index (Phi) is 4.04. The Balaban J connectivity index is 2.00. The lowest BCUT2D eigenvalue weighted by Crippen LogP contribution is -2.18. The predicted molar refractivity (Wildman–Crippen MR) is 72.7 cm³/mol. The summed E-state index contributed by atoms with van der Waals surface area (Å²) >= 11 is 5.88. The molecule has 0 saturated heterocycles. The largest absolute Gasteiger partial charge is 0.361 e. The third-order valence-corrected chi connectivity index (χ3v) is 3.39. The summed E-state index contributed by atoms with van der Waals surface area (Å²) in [4.78, 5) is 0. The lowest BCUT2D eigenvalue weighted by atomic mass is 10.1. The summed E-state index contributed by atoms with van der Waals surface area (Å²) in [7, 11) is 0. The van der Waals surface area contributed by atoms with E-state index in [1.54, 1.807) is 0 Å². The molecule has 0 fully saturated rings. The second-order valence-corrected chi connectivity index (χ2v) is 4.89. The van der Waals surface area contributed by atoms with Crippen molar-refractivity contribution in [2.24, 2.45) is 0 Å². The lowest BCUT2D eigenvalue weighted by molar-refractivity contribution is 0.391. The summed E-state index contributed by atoms with van der Waals surface area (Å²) < 4.78 is 5.14. The normalized spacial score (nSPS) is 12.7. The van der Waals surface area contributed by atoms with Crippen molar-refractivity contribution in [3.63, 3.8) is 0 Å². The summed E-state index contributed by atoms with van der Waals surface area (Å²) in [5, 5.41) is 8.17. The highest BCUT2D eigenvalue weighted by molar-refractivity contribution is 6.30. The van der Waals surface area contributed by atoms with Crippen LogP contribution in [0.2, 0.25) is 5.02 Å². The third-order valence-electron chi connectivity index (χ3n) is 3.14. The number of aromatic nitrogens is 1. The zero-order valence-corrected chi connectivity index (χ0v) is 11.6. The van der Waals surface area contributed by atoms with Gasteiger partial charge in [0.05, 0.1) is 5.69 Å². The van der Waals surface area contributed by atoms with E-state index in [0.717, 1.165) is 28.6 Å². The molecule has 0 saturated carbocycles. The van der Waals surface area contributed by atoms with Crippen molar-refractivity contribution in [2.45, 2.75) is 33.4 Å². The quantitative estimate of drug-likeness (QED) is 0.913. The average Bonchev–Trinajstić information content (AvgIpc) is 2.67. The molecule has 0 bridgehead atoms. The predicted octanol–water partition coefficient (Wildman–Crippen LogP) is 3.80. The lowest BCUT2D eigenvalue weighted by Gasteiger charge is -2.14. The van der Waals surface area contributed by atoms with Gasteiger partial charge in [0.2, 0.25) is 0 Å². The molecule has 3 nitrogen and oxygen atoms in total. The first-order chi connectivity index (χ1) is 8.58. The number of nitrogens with one attached hydrogen (secondary N) is 1. The second-order valence-electron chi connectivity index (χ2n) is 4.46. The van der Waals surface area contributed by atoms with Gasteiger partial charge >= 0.3 is 0 Å². The van der Waals surface area contributed by atoms with Crippen LogP contribution in [0.3, 0.4) is 0 Å². The van der Waals surface area contributed by atoms with E-state index in [9.17, 15) is 0 Å². The SMILES string of the molecule is Cc1noc(C)c1CNC(C)c1ccc(Cl)cc1. The van der Waals surface area contributed by atoms with Gasteiger partial charge in [0.1, 0.15) is 5.76 Å². The molecule has 0 spiro atoms. The highest BCUT2D eigenvalue weighted by atomic mass is 35.5. The van der Waals surface area contributed by atoms with E-state index in [-0.39, 0.29) is 6.04 Å². The number of hydrogen-bond acceptors (Lipinski definition) is 3. The number of rotatable bonds is 4. The van der Waals surface area contributed by atoms with Gasteiger partial charge in [-0.25, -0.2) is 0 Å². The molecule has 1 atom stereocenters. The van der Waals surface area contributed by atoms with Crippen molar-refractivity contribution in [3.8, 4) is 0 Å². The maximum atomic E-state index is 5.88. The molecule has 0 radical (unpaired) electrons. The topological polar surface area (TPSA) is 38.1 Å². The van der Waals surface area contributed by atoms with E-state index in [0.29, 0.717) is 0 Å².